The lowest BCUT2D eigenvalue weighted by Crippen LogP contribution is -2.30. The molecule has 0 bridgehead atoms. The molecule has 3 aromatic carbocycles. The van der Waals surface area contributed by atoms with Crippen molar-refractivity contribution in [3.05, 3.63) is 101 Å². The predicted octanol–water partition coefficient (Wildman–Crippen LogP) is 3.56. The lowest BCUT2D eigenvalue weighted by Gasteiger charge is -2.20. The van der Waals surface area contributed by atoms with Gasteiger partial charge >= 0.3 is 0 Å². The number of halogens is 1. The molecule has 0 spiro atoms. The zero-order chi connectivity index (χ0) is 21.0. The number of carbonyl (C=O) groups excluding carboxylic acids is 1. The third kappa shape index (κ3) is 4.70. The Morgan fingerprint density at radius 3 is 2.17 bits per heavy atom. The van der Waals surface area contributed by atoms with Crippen LogP contribution in [0.5, 0.6) is 0 Å². The molecule has 3 aromatic rings. The van der Waals surface area contributed by atoms with Crippen LogP contribution in [0, 0.1) is 12.7 Å². The van der Waals surface area contributed by atoms with Gasteiger partial charge in [-0.15, -0.1) is 0 Å². The molecule has 7 heteroatoms. The molecule has 29 heavy (non-hydrogen) atoms. The molecule has 0 saturated heterocycles. The van der Waals surface area contributed by atoms with Crippen molar-refractivity contribution in [3.8, 4) is 0 Å². The van der Waals surface area contributed by atoms with Gasteiger partial charge in [-0.05, 0) is 43.3 Å². The van der Waals surface area contributed by atoms with Crippen LogP contribution in [-0.2, 0) is 10.0 Å². The summed E-state index contributed by atoms with van der Waals surface area (Å²) in [4.78, 5) is 12.7. The van der Waals surface area contributed by atoms with Crippen LogP contribution in [0.2, 0.25) is 0 Å². The number of benzene rings is 3. The van der Waals surface area contributed by atoms with Gasteiger partial charge in [0.15, 0.2) is 0 Å². The summed E-state index contributed by atoms with van der Waals surface area (Å²) in [6.45, 7) is 1.96. The van der Waals surface area contributed by atoms with Gasteiger partial charge in [0.05, 0.1) is 16.5 Å². The number of sulfonamides is 1. The number of amides is 1. The fourth-order valence-electron chi connectivity index (χ4n) is 2.94. The predicted molar refractivity (Wildman–Crippen MR) is 110 cm³/mol. The molecule has 0 aromatic heterocycles. The smallest absolute Gasteiger partial charge is 0.255 e. The summed E-state index contributed by atoms with van der Waals surface area (Å²) in [5.74, 6) is -1.50. The van der Waals surface area contributed by atoms with Crippen molar-refractivity contribution in [2.75, 3.05) is 7.05 Å². The molecule has 0 fully saturated rings. The maximum atomic E-state index is 14.3. The maximum Gasteiger partial charge on any atom is 0.255 e. The highest BCUT2D eigenvalue weighted by Crippen LogP contribution is 2.24. The summed E-state index contributed by atoms with van der Waals surface area (Å²) in [6.07, 6.45) is 0. The zero-order valence-electron chi connectivity index (χ0n) is 16.0. The molecule has 150 valence electrons. The van der Waals surface area contributed by atoms with Crippen LogP contribution in [0.4, 0.5) is 4.39 Å². The van der Waals surface area contributed by atoms with E-state index in [-0.39, 0.29) is 10.5 Å². The van der Waals surface area contributed by atoms with Gasteiger partial charge in [0.25, 0.3) is 5.91 Å². The van der Waals surface area contributed by atoms with E-state index in [0.717, 1.165) is 34.9 Å². The fraction of sp³-hybridized carbons (Fsp3) is 0.136. The first-order valence-corrected chi connectivity index (χ1v) is 10.5. The summed E-state index contributed by atoms with van der Waals surface area (Å²) in [6, 6.07) is 19.5. The van der Waals surface area contributed by atoms with Gasteiger partial charge < -0.3 is 5.32 Å². The SMILES string of the molecule is CNS(=O)(=O)c1ccc(F)c(C(=O)NC(c2ccccc2)c2ccc(C)cc2)c1. The van der Waals surface area contributed by atoms with Crippen molar-refractivity contribution in [3.63, 3.8) is 0 Å². The normalized spacial score (nSPS) is 12.4. The lowest BCUT2D eigenvalue weighted by atomic mass is 9.97. The molecule has 0 radical (unpaired) electrons. The molecule has 3 rings (SSSR count). The van der Waals surface area contributed by atoms with E-state index in [2.05, 4.69) is 10.0 Å². The van der Waals surface area contributed by atoms with Gasteiger partial charge in [-0.3, -0.25) is 4.79 Å². The van der Waals surface area contributed by atoms with Crippen molar-refractivity contribution >= 4 is 15.9 Å². The highest BCUT2D eigenvalue weighted by atomic mass is 32.2. The van der Waals surface area contributed by atoms with Gasteiger partial charge in [-0.1, -0.05) is 60.2 Å². The van der Waals surface area contributed by atoms with E-state index in [1.165, 1.54) is 7.05 Å². The Bertz CT molecular complexity index is 1110. The Balaban J connectivity index is 1.99. The van der Waals surface area contributed by atoms with Gasteiger partial charge in [0.2, 0.25) is 10.0 Å². The largest absolute Gasteiger partial charge is 0.341 e. The number of nitrogens with one attached hydrogen (secondary N) is 2. The van der Waals surface area contributed by atoms with Crippen LogP contribution < -0.4 is 10.0 Å². The monoisotopic (exact) mass is 412 g/mol. The molecule has 2 N–H and O–H groups in total. The second-order valence-electron chi connectivity index (χ2n) is 6.58. The third-order valence-electron chi connectivity index (χ3n) is 4.58. The van der Waals surface area contributed by atoms with Gasteiger partial charge in [-0.2, -0.15) is 0 Å². The van der Waals surface area contributed by atoms with E-state index in [4.69, 9.17) is 0 Å². The molecule has 0 aliphatic rings. The minimum absolute atomic E-state index is 0.182. The van der Waals surface area contributed by atoms with E-state index in [1.54, 1.807) is 0 Å². The van der Waals surface area contributed by atoms with Crippen molar-refractivity contribution in [2.24, 2.45) is 0 Å². The summed E-state index contributed by atoms with van der Waals surface area (Å²) < 4.78 is 40.5. The first-order chi connectivity index (χ1) is 13.8. The van der Waals surface area contributed by atoms with Crippen LogP contribution in [0.15, 0.2) is 77.7 Å². The van der Waals surface area contributed by atoms with Crippen molar-refractivity contribution < 1.29 is 17.6 Å². The molecular weight excluding hydrogens is 391 g/mol. The number of rotatable bonds is 6. The first kappa shape index (κ1) is 20.7. The summed E-state index contributed by atoms with van der Waals surface area (Å²) in [5, 5.41) is 2.83. The highest BCUT2D eigenvalue weighted by Gasteiger charge is 2.22. The molecule has 0 saturated carbocycles. The van der Waals surface area contributed by atoms with Crippen molar-refractivity contribution in [2.45, 2.75) is 17.9 Å². The molecule has 1 amide bonds. The Morgan fingerprint density at radius 1 is 0.931 bits per heavy atom. The van der Waals surface area contributed by atoms with E-state index in [9.17, 15) is 17.6 Å². The van der Waals surface area contributed by atoms with Crippen LogP contribution in [0.3, 0.4) is 0 Å². The average Bonchev–Trinajstić information content (AvgIpc) is 2.73. The number of hydrogen-bond acceptors (Lipinski definition) is 3. The first-order valence-electron chi connectivity index (χ1n) is 8.97. The molecule has 5 nitrogen and oxygen atoms in total. The zero-order valence-corrected chi connectivity index (χ0v) is 16.8. The van der Waals surface area contributed by atoms with E-state index >= 15 is 0 Å². The van der Waals surface area contributed by atoms with Crippen LogP contribution in [0.25, 0.3) is 0 Å². The van der Waals surface area contributed by atoms with Crippen molar-refractivity contribution in [1.82, 2.24) is 10.0 Å². The number of aryl methyl sites for hydroxylation is 1. The molecule has 1 atom stereocenters. The quantitative estimate of drug-likeness (QED) is 0.650. The third-order valence-corrected chi connectivity index (χ3v) is 5.99. The van der Waals surface area contributed by atoms with E-state index in [0.29, 0.717) is 0 Å². The fourth-order valence-corrected chi connectivity index (χ4v) is 3.69. The van der Waals surface area contributed by atoms with Crippen LogP contribution >= 0.6 is 0 Å². The average molecular weight is 412 g/mol. The molecular formula is C22H21FN2O3S. The van der Waals surface area contributed by atoms with E-state index < -0.39 is 27.8 Å². The maximum absolute atomic E-state index is 14.3. The Morgan fingerprint density at radius 2 is 1.55 bits per heavy atom. The molecule has 0 aliphatic carbocycles. The van der Waals surface area contributed by atoms with E-state index in [1.807, 2.05) is 61.5 Å². The van der Waals surface area contributed by atoms with Gasteiger partial charge in [0.1, 0.15) is 5.82 Å². The summed E-state index contributed by atoms with van der Waals surface area (Å²) in [7, 11) is -2.55. The highest BCUT2D eigenvalue weighted by molar-refractivity contribution is 7.89. The number of carbonyl (C=O) groups is 1. The second kappa shape index (κ2) is 8.55. The number of hydrogen-bond donors (Lipinski definition) is 2. The van der Waals surface area contributed by atoms with Gasteiger partial charge in [-0.25, -0.2) is 17.5 Å². The minimum atomic E-state index is -3.81. The topological polar surface area (TPSA) is 75.3 Å². The second-order valence-corrected chi connectivity index (χ2v) is 8.46. The Hall–Kier alpha value is -3.03. The van der Waals surface area contributed by atoms with Gasteiger partial charge in [0, 0.05) is 0 Å². The van der Waals surface area contributed by atoms with Crippen molar-refractivity contribution in [1.29, 1.82) is 0 Å². The molecule has 1 unspecified atom stereocenters. The molecule has 0 heterocycles. The Labute approximate surface area is 169 Å². The molecule has 0 aliphatic heterocycles. The summed E-state index contributed by atoms with van der Waals surface area (Å²) in [5.41, 5.74) is 2.39. The standard InChI is InChI=1S/C22H21FN2O3S/c1-15-8-10-17(11-9-15)21(16-6-4-3-5-7-16)25-22(26)19-14-18(12-13-20(19)23)29(27,28)24-2/h3-14,21,24H,1-2H3,(H,25,26). The minimum Gasteiger partial charge on any atom is -0.341 e. The lowest BCUT2D eigenvalue weighted by molar-refractivity contribution is 0.0938. The summed E-state index contributed by atoms with van der Waals surface area (Å²) >= 11 is 0. The van der Waals surface area contributed by atoms with Crippen LogP contribution in [0.1, 0.15) is 33.1 Å². The van der Waals surface area contributed by atoms with Crippen LogP contribution in [-0.4, -0.2) is 21.4 Å². The Kier molecular flexibility index (Phi) is 6.10.